The van der Waals surface area contributed by atoms with E-state index in [-0.39, 0.29) is 17.7 Å². The number of hydrogen-bond donors (Lipinski definition) is 3. The molecule has 3 amide bonds. The average Bonchev–Trinajstić information content (AvgIpc) is 2.14. The Morgan fingerprint density at radius 2 is 1.65 bits per heavy atom. The minimum atomic E-state index is -0.745. The molecule has 0 aromatic heterocycles. The number of carbonyl (C=O) groups excluding carboxylic acids is 3. The first kappa shape index (κ1) is 15.4. The molecule has 0 rings (SSSR count). The largest absolute Gasteiger partial charge is 0.368 e. The third-order valence-corrected chi connectivity index (χ3v) is 2.19. The fourth-order valence-electron chi connectivity index (χ4n) is 1.33. The van der Waals surface area contributed by atoms with E-state index in [4.69, 9.17) is 5.73 Å². The molecule has 0 heterocycles. The van der Waals surface area contributed by atoms with E-state index >= 15 is 0 Å². The molecule has 0 aliphatic rings. The summed E-state index contributed by atoms with van der Waals surface area (Å²) < 4.78 is 0. The van der Waals surface area contributed by atoms with Gasteiger partial charge < -0.3 is 16.4 Å². The molecule has 0 fully saturated rings. The Morgan fingerprint density at radius 1 is 1.12 bits per heavy atom. The Bertz CT molecular complexity index is 302. The number of carbonyl (C=O) groups is 3. The lowest BCUT2D eigenvalue weighted by atomic mass is 10.0. The quantitative estimate of drug-likeness (QED) is 0.587. The number of nitrogens with two attached hydrogens (primary N) is 1. The molecule has 98 valence electrons. The van der Waals surface area contributed by atoms with Gasteiger partial charge in [-0.2, -0.15) is 0 Å². The third-order valence-electron chi connectivity index (χ3n) is 2.19. The molecule has 0 aromatic carbocycles. The van der Waals surface area contributed by atoms with Crippen LogP contribution in [-0.2, 0) is 14.4 Å². The highest BCUT2D eigenvalue weighted by Crippen LogP contribution is 2.05. The van der Waals surface area contributed by atoms with Crippen LogP contribution < -0.4 is 16.4 Å². The van der Waals surface area contributed by atoms with Crippen LogP contribution in [0.25, 0.3) is 0 Å². The van der Waals surface area contributed by atoms with Crippen molar-refractivity contribution in [2.45, 2.75) is 46.2 Å². The fraction of sp³-hybridized carbons (Fsp3) is 0.727. The maximum absolute atomic E-state index is 11.8. The van der Waals surface area contributed by atoms with Gasteiger partial charge in [0.05, 0.1) is 0 Å². The van der Waals surface area contributed by atoms with Gasteiger partial charge in [0.15, 0.2) is 0 Å². The summed E-state index contributed by atoms with van der Waals surface area (Å²) in [4.78, 5) is 33.6. The number of amides is 3. The summed E-state index contributed by atoms with van der Waals surface area (Å²) in [5.41, 5.74) is 5.05. The van der Waals surface area contributed by atoms with Crippen molar-refractivity contribution in [3.63, 3.8) is 0 Å². The van der Waals surface area contributed by atoms with Crippen LogP contribution in [-0.4, -0.2) is 29.8 Å². The second-order valence-electron chi connectivity index (χ2n) is 4.52. The number of rotatable bonds is 6. The highest BCUT2D eigenvalue weighted by molar-refractivity contribution is 5.90. The zero-order chi connectivity index (χ0) is 13.6. The first-order valence-corrected chi connectivity index (χ1v) is 5.60. The molecular weight excluding hydrogens is 222 g/mol. The standard InChI is InChI=1S/C11H21N3O3/c1-6(2)5-9(14-8(4)15)11(17)13-7(3)10(12)16/h6-7,9H,5H2,1-4H3,(H2,12,16)(H,13,17)(H,14,15)/t7-,9+/m1/s1. The molecule has 4 N–H and O–H groups in total. The Kier molecular flexibility index (Phi) is 6.23. The van der Waals surface area contributed by atoms with Crippen molar-refractivity contribution >= 4 is 17.7 Å². The zero-order valence-electron chi connectivity index (χ0n) is 10.7. The van der Waals surface area contributed by atoms with Gasteiger partial charge in [0, 0.05) is 6.92 Å². The van der Waals surface area contributed by atoms with Crippen molar-refractivity contribution in [2.75, 3.05) is 0 Å². The minimum absolute atomic E-state index is 0.251. The molecule has 0 aliphatic carbocycles. The lowest BCUT2D eigenvalue weighted by molar-refractivity contribution is -0.130. The molecule has 0 radical (unpaired) electrons. The summed E-state index contributed by atoms with van der Waals surface area (Å²) in [6, 6.07) is -1.37. The molecule has 0 saturated heterocycles. The summed E-state index contributed by atoms with van der Waals surface area (Å²) in [5.74, 6) is -1.02. The summed E-state index contributed by atoms with van der Waals surface area (Å²) in [6.45, 7) is 6.73. The second kappa shape index (κ2) is 6.88. The zero-order valence-corrected chi connectivity index (χ0v) is 10.7. The Hall–Kier alpha value is -1.59. The predicted molar refractivity (Wildman–Crippen MR) is 63.9 cm³/mol. The minimum Gasteiger partial charge on any atom is -0.368 e. The van der Waals surface area contributed by atoms with Gasteiger partial charge in [0.2, 0.25) is 17.7 Å². The van der Waals surface area contributed by atoms with Crippen LogP contribution in [0.4, 0.5) is 0 Å². The van der Waals surface area contributed by atoms with E-state index in [9.17, 15) is 14.4 Å². The number of hydrogen-bond acceptors (Lipinski definition) is 3. The lowest BCUT2D eigenvalue weighted by Gasteiger charge is -2.21. The van der Waals surface area contributed by atoms with Gasteiger partial charge >= 0.3 is 0 Å². The van der Waals surface area contributed by atoms with E-state index in [1.54, 1.807) is 0 Å². The Labute approximate surface area is 101 Å². The molecule has 0 spiro atoms. The smallest absolute Gasteiger partial charge is 0.243 e. The van der Waals surface area contributed by atoms with Crippen LogP contribution in [0.2, 0.25) is 0 Å². The van der Waals surface area contributed by atoms with Crippen molar-refractivity contribution < 1.29 is 14.4 Å². The van der Waals surface area contributed by atoms with Crippen LogP contribution in [0.15, 0.2) is 0 Å². The number of nitrogens with one attached hydrogen (secondary N) is 2. The summed E-state index contributed by atoms with van der Waals surface area (Å²) in [5, 5.41) is 5.01. The first-order valence-electron chi connectivity index (χ1n) is 5.60. The molecule has 0 saturated carbocycles. The van der Waals surface area contributed by atoms with Crippen molar-refractivity contribution in [3.8, 4) is 0 Å². The number of primary amides is 1. The first-order chi connectivity index (χ1) is 7.73. The van der Waals surface area contributed by atoms with Gasteiger partial charge in [-0.1, -0.05) is 13.8 Å². The van der Waals surface area contributed by atoms with Crippen molar-refractivity contribution in [1.29, 1.82) is 0 Å². The van der Waals surface area contributed by atoms with Gasteiger partial charge in [-0.15, -0.1) is 0 Å². The molecule has 6 heteroatoms. The third kappa shape index (κ3) is 6.55. The van der Waals surface area contributed by atoms with Crippen molar-refractivity contribution in [2.24, 2.45) is 11.7 Å². The molecular formula is C11H21N3O3. The van der Waals surface area contributed by atoms with E-state index in [2.05, 4.69) is 10.6 Å². The van der Waals surface area contributed by atoms with Gasteiger partial charge in [-0.25, -0.2) is 0 Å². The van der Waals surface area contributed by atoms with E-state index in [0.29, 0.717) is 6.42 Å². The SMILES string of the molecule is CC(=O)N[C@@H](CC(C)C)C(=O)N[C@H](C)C(N)=O. The summed E-state index contributed by atoms with van der Waals surface area (Å²) >= 11 is 0. The Morgan fingerprint density at radius 3 is 2.00 bits per heavy atom. The van der Waals surface area contributed by atoms with Crippen LogP contribution >= 0.6 is 0 Å². The molecule has 2 atom stereocenters. The van der Waals surface area contributed by atoms with E-state index < -0.39 is 18.0 Å². The molecule has 17 heavy (non-hydrogen) atoms. The van der Waals surface area contributed by atoms with Crippen LogP contribution in [0.5, 0.6) is 0 Å². The predicted octanol–water partition coefficient (Wildman–Crippen LogP) is -0.473. The van der Waals surface area contributed by atoms with Crippen molar-refractivity contribution in [3.05, 3.63) is 0 Å². The molecule has 0 aromatic rings. The maximum atomic E-state index is 11.8. The van der Waals surface area contributed by atoms with Crippen molar-refractivity contribution in [1.82, 2.24) is 10.6 Å². The average molecular weight is 243 g/mol. The molecule has 0 unspecified atom stereocenters. The highest BCUT2D eigenvalue weighted by Gasteiger charge is 2.23. The van der Waals surface area contributed by atoms with Gasteiger partial charge in [0.1, 0.15) is 12.1 Å². The van der Waals surface area contributed by atoms with Crippen LogP contribution in [0.3, 0.4) is 0 Å². The van der Waals surface area contributed by atoms with Gasteiger partial charge in [-0.3, -0.25) is 14.4 Å². The highest BCUT2D eigenvalue weighted by atomic mass is 16.2. The van der Waals surface area contributed by atoms with E-state index in [1.165, 1.54) is 13.8 Å². The Balaban J connectivity index is 4.51. The fourth-order valence-corrected chi connectivity index (χ4v) is 1.33. The van der Waals surface area contributed by atoms with Gasteiger partial charge in [0.25, 0.3) is 0 Å². The van der Waals surface area contributed by atoms with E-state index in [1.807, 2.05) is 13.8 Å². The summed E-state index contributed by atoms with van der Waals surface area (Å²) in [7, 11) is 0. The maximum Gasteiger partial charge on any atom is 0.243 e. The van der Waals surface area contributed by atoms with E-state index in [0.717, 1.165) is 0 Å². The topological polar surface area (TPSA) is 101 Å². The molecule has 0 bridgehead atoms. The summed E-state index contributed by atoms with van der Waals surface area (Å²) in [6.07, 6.45) is 0.511. The van der Waals surface area contributed by atoms with Crippen LogP contribution in [0, 0.1) is 5.92 Å². The molecule has 0 aliphatic heterocycles. The van der Waals surface area contributed by atoms with Crippen LogP contribution in [0.1, 0.15) is 34.1 Å². The second-order valence-corrected chi connectivity index (χ2v) is 4.52. The normalized spacial score (nSPS) is 13.9. The van der Waals surface area contributed by atoms with Gasteiger partial charge in [-0.05, 0) is 19.3 Å². The lowest BCUT2D eigenvalue weighted by Crippen LogP contribution is -2.52. The molecule has 6 nitrogen and oxygen atoms in total. The monoisotopic (exact) mass is 243 g/mol.